The van der Waals surface area contributed by atoms with Crippen LogP contribution in [-0.4, -0.2) is 20.4 Å². The van der Waals surface area contributed by atoms with Gasteiger partial charge in [0.05, 0.1) is 4.90 Å². The van der Waals surface area contributed by atoms with Crippen molar-refractivity contribution < 1.29 is 13.2 Å². The summed E-state index contributed by atoms with van der Waals surface area (Å²) in [5.41, 5.74) is 3.32. The number of para-hydroxylation sites is 1. The number of nitrogens with one attached hydrogen (secondary N) is 2. The number of aryl methyl sites for hydroxylation is 1. The highest BCUT2D eigenvalue weighted by Gasteiger charge is 2.28. The lowest BCUT2D eigenvalue weighted by molar-refractivity contribution is 0.102. The van der Waals surface area contributed by atoms with Gasteiger partial charge >= 0.3 is 0 Å². The van der Waals surface area contributed by atoms with E-state index in [2.05, 4.69) is 23.9 Å². The fourth-order valence-corrected chi connectivity index (χ4v) is 4.11. The molecule has 0 spiro atoms. The number of anilines is 1. The molecule has 1 saturated carbocycles. The number of carbonyl (C=O) groups is 1. The van der Waals surface area contributed by atoms with Crippen molar-refractivity contribution in [3.05, 3.63) is 59.2 Å². The molecule has 0 bridgehead atoms. The van der Waals surface area contributed by atoms with Crippen molar-refractivity contribution in [1.29, 1.82) is 0 Å². The Labute approximate surface area is 154 Å². The molecule has 1 fully saturated rings. The molecule has 0 aliphatic heterocycles. The lowest BCUT2D eigenvalue weighted by atomic mass is 9.98. The second kappa shape index (κ2) is 7.21. The van der Waals surface area contributed by atoms with E-state index in [1.165, 1.54) is 12.1 Å². The first-order valence-corrected chi connectivity index (χ1v) is 10.3. The summed E-state index contributed by atoms with van der Waals surface area (Å²) in [6.45, 7) is 6.12. The Balaban J connectivity index is 1.79. The van der Waals surface area contributed by atoms with E-state index < -0.39 is 10.0 Å². The quantitative estimate of drug-likeness (QED) is 0.810. The van der Waals surface area contributed by atoms with E-state index >= 15 is 0 Å². The molecule has 6 heteroatoms. The summed E-state index contributed by atoms with van der Waals surface area (Å²) in [5, 5.41) is 2.97. The third kappa shape index (κ3) is 4.14. The molecule has 0 saturated heterocycles. The molecule has 2 aromatic rings. The highest BCUT2D eigenvalue weighted by Crippen LogP contribution is 2.28. The van der Waals surface area contributed by atoms with Gasteiger partial charge in [-0.2, -0.15) is 0 Å². The molecule has 138 valence electrons. The van der Waals surface area contributed by atoms with E-state index in [4.69, 9.17) is 0 Å². The zero-order chi connectivity index (χ0) is 18.9. The highest BCUT2D eigenvalue weighted by atomic mass is 32.2. The summed E-state index contributed by atoms with van der Waals surface area (Å²) in [6, 6.07) is 12.0. The van der Waals surface area contributed by atoms with Crippen LogP contribution in [0.15, 0.2) is 47.4 Å². The maximum atomic E-state index is 12.6. The Morgan fingerprint density at radius 2 is 1.73 bits per heavy atom. The largest absolute Gasteiger partial charge is 0.321 e. The number of benzene rings is 2. The van der Waals surface area contributed by atoms with Gasteiger partial charge in [-0.05, 0) is 61.1 Å². The van der Waals surface area contributed by atoms with Crippen molar-refractivity contribution in [3.8, 4) is 0 Å². The first kappa shape index (κ1) is 18.6. The molecule has 2 aromatic carbocycles. The lowest BCUT2D eigenvalue weighted by Crippen LogP contribution is -2.25. The van der Waals surface area contributed by atoms with Gasteiger partial charge in [0.15, 0.2) is 0 Å². The number of rotatable bonds is 6. The van der Waals surface area contributed by atoms with Crippen LogP contribution in [0.3, 0.4) is 0 Å². The molecule has 1 amide bonds. The molecule has 0 aromatic heterocycles. The number of amides is 1. The van der Waals surface area contributed by atoms with Crippen molar-refractivity contribution in [2.45, 2.75) is 50.5 Å². The van der Waals surface area contributed by atoms with E-state index in [1.807, 2.05) is 25.1 Å². The summed E-state index contributed by atoms with van der Waals surface area (Å²) in [7, 11) is -3.50. The minimum absolute atomic E-state index is 0.0542. The van der Waals surface area contributed by atoms with Gasteiger partial charge in [0, 0.05) is 17.3 Å². The SMILES string of the molecule is Cc1cccc(C(C)C)c1NC(=O)c1ccc(S(=O)(=O)NC2CC2)cc1. The Kier molecular flexibility index (Phi) is 5.16. The third-order valence-corrected chi connectivity index (χ3v) is 6.03. The standard InChI is InChI=1S/C20H24N2O3S/c1-13(2)18-6-4-5-14(3)19(18)21-20(23)15-7-11-17(12-8-15)26(24,25)22-16-9-10-16/h4-8,11-13,16,22H,9-10H2,1-3H3,(H,21,23). The van der Waals surface area contributed by atoms with Crippen molar-refractivity contribution in [1.82, 2.24) is 4.72 Å². The third-order valence-electron chi connectivity index (χ3n) is 4.49. The molecule has 1 aliphatic carbocycles. The van der Waals surface area contributed by atoms with Crippen LogP contribution in [0.4, 0.5) is 5.69 Å². The average Bonchev–Trinajstić information content (AvgIpc) is 3.39. The molecule has 0 unspecified atom stereocenters. The molecule has 5 nitrogen and oxygen atoms in total. The maximum Gasteiger partial charge on any atom is 0.255 e. The summed E-state index contributed by atoms with van der Waals surface area (Å²) in [5.74, 6) is 0.0338. The summed E-state index contributed by atoms with van der Waals surface area (Å²) in [4.78, 5) is 12.8. The molecular weight excluding hydrogens is 348 g/mol. The van der Waals surface area contributed by atoms with Crippen molar-refractivity contribution in [2.24, 2.45) is 0 Å². The van der Waals surface area contributed by atoms with Crippen LogP contribution in [-0.2, 0) is 10.0 Å². The zero-order valence-electron chi connectivity index (χ0n) is 15.2. The van der Waals surface area contributed by atoms with Crippen LogP contribution >= 0.6 is 0 Å². The molecule has 0 radical (unpaired) electrons. The lowest BCUT2D eigenvalue weighted by Gasteiger charge is -2.16. The Bertz CT molecular complexity index is 915. The van der Waals surface area contributed by atoms with Gasteiger partial charge in [-0.15, -0.1) is 0 Å². The van der Waals surface area contributed by atoms with Gasteiger partial charge < -0.3 is 5.32 Å². The highest BCUT2D eigenvalue weighted by molar-refractivity contribution is 7.89. The molecule has 0 atom stereocenters. The number of hydrogen-bond acceptors (Lipinski definition) is 3. The number of hydrogen-bond donors (Lipinski definition) is 2. The number of carbonyl (C=O) groups excluding carboxylic acids is 1. The second-order valence-corrected chi connectivity index (χ2v) is 8.78. The maximum absolute atomic E-state index is 12.6. The van der Waals surface area contributed by atoms with E-state index in [0.717, 1.165) is 29.7 Å². The topological polar surface area (TPSA) is 75.3 Å². The van der Waals surface area contributed by atoms with Crippen LogP contribution in [0, 0.1) is 6.92 Å². The Hall–Kier alpha value is -2.18. The van der Waals surface area contributed by atoms with Crippen LogP contribution in [0.1, 0.15) is 54.1 Å². The predicted molar refractivity (Wildman–Crippen MR) is 103 cm³/mol. The molecule has 26 heavy (non-hydrogen) atoms. The summed E-state index contributed by atoms with van der Waals surface area (Å²) < 4.78 is 27.0. The Morgan fingerprint density at radius 1 is 1.08 bits per heavy atom. The number of sulfonamides is 1. The van der Waals surface area contributed by atoms with Gasteiger partial charge in [0.1, 0.15) is 0 Å². The summed E-state index contributed by atoms with van der Waals surface area (Å²) >= 11 is 0. The smallest absolute Gasteiger partial charge is 0.255 e. The van der Waals surface area contributed by atoms with Crippen molar-refractivity contribution >= 4 is 21.6 Å². The van der Waals surface area contributed by atoms with Crippen LogP contribution in [0.25, 0.3) is 0 Å². The van der Waals surface area contributed by atoms with Crippen molar-refractivity contribution in [3.63, 3.8) is 0 Å². The van der Waals surface area contributed by atoms with Gasteiger partial charge in [-0.3, -0.25) is 4.79 Å². The Morgan fingerprint density at radius 3 is 2.31 bits per heavy atom. The van der Waals surface area contributed by atoms with Crippen LogP contribution in [0.5, 0.6) is 0 Å². The van der Waals surface area contributed by atoms with Gasteiger partial charge in [0.25, 0.3) is 5.91 Å². The van der Waals surface area contributed by atoms with Crippen LogP contribution in [0.2, 0.25) is 0 Å². The van der Waals surface area contributed by atoms with E-state index in [9.17, 15) is 13.2 Å². The molecule has 0 heterocycles. The van der Waals surface area contributed by atoms with Gasteiger partial charge in [-0.1, -0.05) is 32.0 Å². The van der Waals surface area contributed by atoms with Gasteiger partial charge in [-0.25, -0.2) is 13.1 Å². The molecule has 3 rings (SSSR count). The molecular formula is C20H24N2O3S. The normalized spacial score (nSPS) is 14.5. The monoisotopic (exact) mass is 372 g/mol. The fraction of sp³-hybridized carbons (Fsp3) is 0.350. The second-order valence-electron chi connectivity index (χ2n) is 7.07. The minimum atomic E-state index is -3.50. The first-order chi connectivity index (χ1) is 12.3. The predicted octanol–water partition coefficient (Wildman–Crippen LogP) is 3.81. The summed E-state index contributed by atoms with van der Waals surface area (Å²) in [6.07, 6.45) is 1.77. The average molecular weight is 372 g/mol. The zero-order valence-corrected chi connectivity index (χ0v) is 16.1. The van der Waals surface area contributed by atoms with Crippen molar-refractivity contribution in [2.75, 3.05) is 5.32 Å². The van der Waals surface area contributed by atoms with E-state index in [1.54, 1.807) is 12.1 Å². The van der Waals surface area contributed by atoms with E-state index in [0.29, 0.717) is 5.56 Å². The minimum Gasteiger partial charge on any atom is -0.321 e. The van der Waals surface area contributed by atoms with E-state index in [-0.39, 0.29) is 22.8 Å². The fourth-order valence-electron chi connectivity index (χ4n) is 2.80. The van der Waals surface area contributed by atoms with Gasteiger partial charge in [0.2, 0.25) is 10.0 Å². The van der Waals surface area contributed by atoms with Crippen LogP contribution < -0.4 is 10.0 Å². The first-order valence-electron chi connectivity index (χ1n) is 8.81. The molecule has 2 N–H and O–H groups in total. The molecule has 1 aliphatic rings.